The minimum Gasteiger partial charge on any atom is -0.494 e. The van der Waals surface area contributed by atoms with Crippen molar-refractivity contribution in [1.82, 2.24) is 9.55 Å². The van der Waals surface area contributed by atoms with Crippen LogP contribution in [-0.4, -0.2) is 20.4 Å². The number of para-hydroxylation sites is 3. The first-order valence-electron chi connectivity index (χ1n) is 9.85. The molecule has 1 aliphatic rings. The van der Waals surface area contributed by atoms with Crippen LogP contribution in [0.4, 0.5) is 5.69 Å². The minimum absolute atomic E-state index is 0.0900. The van der Waals surface area contributed by atoms with Crippen LogP contribution in [0.5, 0.6) is 5.88 Å². The van der Waals surface area contributed by atoms with Gasteiger partial charge in [0.25, 0.3) is 0 Å². The van der Waals surface area contributed by atoms with Crippen LogP contribution in [0.15, 0.2) is 77.9 Å². The van der Waals surface area contributed by atoms with Crippen molar-refractivity contribution in [2.75, 3.05) is 0 Å². The largest absolute Gasteiger partial charge is 0.494 e. The van der Waals surface area contributed by atoms with Crippen LogP contribution >= 0.6 is 11.6 Å². The van der Waals surface area contributed by atoms with E-state index < -0.39 is 0 Å². The van der Waals surface area contributed by atoms with Crippen LogP contribution in [0.2, 0.25) is 5.02 Å². The molecule has 5 heteroatoms. The number of aromatic nitrogens is 2. The molecule has 30 heavy (non-hydrogen) atoms. The number of halogens is 1. The number of aliphatic imine (C=N–C) groups is 1. The summed E-state index contributed by atoms with van der Waals surface area (Å²) in [6.45, 7) is 0. The lowest BCUT2D eigenvalue weighted by molar-refractivity contribution is 0.434. The normalized spacial score (nSPS) is 15.7. The number of aryl methyl sites for hydroxylation is 1. The summed E-state index contributed by atoms with van der Waals surface area (Å²) < 4.78 is 1.74. The van der Waals surface area contributed by atoms with Crippen LogP contribution < -0.4 is 0 Å². The third kappa shape index (κ3) is 2.25. The topological polar surface area (TPSA) is 53.3 Å². The number of H-pyrrole nitrogens is 1. The van der Waals surface area contributed by atoms with Crippen molar-refractivity contribution in [3.63, 3.8) is 0 Å². The van der Waals surface area contributed by atoms with Crippen molar-refractivity contribution < 1.29 is 5.11 Å². The van der Waals surface area contributed by atoms with Gasteiger partial charge in [-0.15, -0.1) is 0 Å². The molecule has 1 atom stereocenters. The monoisotopic (exact) mass is 411 g/mol. The molecule has 3 heterocycles. The average molecular weight is 412 g/mol. The third-order valence-electron chi connectivity index (χ3n) is 6.08. The second-order valence-corrected chi connectivity index (χ2v) is 8.08. The Balaban J connectivity index is 1.67. The predicted octanol–water partition coefficient (Wildman–Crippen LogP) is 6.28. The lowest BCUT2D eigenvalue weighted by atomic mass is 9.85. The fraction of sp³-hybridized carbons (Fsp3) is 0.0800. The van der Waals surface area contributed by atoms with Crippen LogP contribution in [0, 0.1) is 0 Å². The molecular weight excluding hydrogens is 394 g/mol. The molecule has 0 fully saturated rings. The molecular formula is C25H18ClN3O. The van der Waals surface area contributed by atoms with Crippen molar-refractivity contribution in [3.05, 3.63) is 94.6 Å². The number of nitrogens with one attached hydrogen (secondary N) is 1. The number of aromatic amines is 1. The Bertz CT molecular complexity index is 1490. The van der Waals surface area contributed by atoms with Gasteiger partial charge in [-0.3, -0.25) is 4.99 Å². The van der Waals surface area contributed by atoms with Crippen LogP contribution in [-0.2, 0) is 7.05 Å². The molecule has 1 unspecified atom stereocenters. The number of hydrogen-bond acceptors (Lipinski definition) is 2. The first-order valence-corrected chi connectivity index (χ1v) is 10.2. The van der Waals surface area contributed by atoms with Gasteiger partial charge in [0.05, 0.1) is 33.4 Å². The van der Waals surface area contributed by atoms with Crippen molar-refractivity contribution >= 4 is 44.8 Å². The lowest BCUT2D eigenvalue weighted by Crippen LogP contribution is -2.11. The van der Waals surface area contributed by atoms with E-state index in [0.29, 0.717) is 5.02 Å². The summed E-state index contributed by atoms with van der Waals surface area (Å²) in [4.78, 5) is 8.40. The summed E-state index contributed by atoms with van der Waals surface area (Å²) in [6, 6.07) is 22.2. The fourth-order valence-electron chi connectivity index (χ4n) is 4.73. The zero-order chi connectivity index (χ0) is 20.4. The van der Waals surface area contributed by atoms with Crippen molar-refractivity contribution in [3.8, 4) is 5.88 Å². The molecule has 3 aromatic carbocycles. The molecule has 0 bridgehead atoms. The van der Waals surface area contributed by atoms with E-state index in [1.165, 1.54) is 0 Å². The Hall–Kier alpha value is -3.50. The molecule has 6 rings (SSSR count). The Morgan fingerprint density at radius 1 is 0.933 bits per heavy atom. The predicted molar refractivity (Wildman–Crippen MR) is 122 cm³/mol. The summed E-state index contributed by atoms with van der Waals surface area (Å²) in [5, 5.41) is 13.8. The molecule has 0 amide bonds. The van der Waals surface area contributed by atoms with Gasteiger partial charge in [-0.2, -0.15) is 0 Å². The minimum atomic E-state index is -0.0900. The molecule has 1 aliphatic heterocycles. The maximum Gasteiger partial charge on any atom is 0.201 e. The molecule has 4 nitrogen and oxygen atoms in total. The van der Waals surface area contributed by atoms with E-state index in [4.69, 9.17) is 16.6 Å². The zero-order valence-corrected chi connectivity index (χ0v) is 17.0. The average Bonchev–Trinajstić information content (AvgIpc) is 3.41. The summed E-state index contributed by atoms with van der Waals surface area (Å²) in [7, 11) is 1.83. The molecule has 0 aliphatic carbocycles. The van der Waals surface area contributed by atoms with E-state index in [-0.39, 0.29) is 11.8 Å². The van der Waals surface area contributed by atoms with Gasteiger partial charge in [-0.25, -0.2) is 0 Å². The fourth-order valence-corrected chi connectivity index (χ4v) is 5.03. The number of rotatable bonds is 2. The summed E-state index contributed by atoms with van der Waals surface area (Å²) in [5.41, 5.74) is 6.68. The molecule has 5 aromatic rings. The number of benzene rings is 3. The number of hydrogen-bond donors (Lipinski definition) is 2. The van der Waals surface area contributed by atoms with E-state index in [1.54, 1.807) is 4.57 Å². The highest BCUT2D eigenvalue weighted by molar-refractivity contribution is 6.36. The van der Waals surface area contributed by atoms with Gasteiger partial charge in [0, 0.05) is 29.5 Å². The SMILES string of the molecule is Cn1c(O)c(C2=Nc3ccccc3C2c2c[nH]c3ccccc23)c2cccc(Cl)c21. The first-order chi connectivity index (χ1) is 14.6. The van der Waals surface area contributed by atoms with Crippen molar-refractivity contribution in [2.24, 2.45) is 12.0 Å². The van der Waals surface area contributed by atoms with Gasteiger partial charge < -0.3 is 14.7 Å². The summed E-state index contributed by atoms with van der Waals surface area (Å²) >= 11 is 6.48. The highest BCUT2D eigenvalue weighted by atomic mass is 35.5. The standard InChI is InChI=1S/C25H18ClN3O/c1-29-24-16(9-6-10-18(24)26)22(25(29)30)23-21(15-8-3-5-12-20(15)28-23)17-13-27-19-11-4-2-7-14(17)19/h2-13,21,27,30H,1H3. The van der Waals surface area contributed by atoms with Gasteiger partial charge in [0.15, 0.2) is 0 Å². The first kappa shape index (κ1) is 17.4. The third-order valence-corrected chi connectivity index (χ3v) is 6.39. The van der Waals surface area contributed by atoms with Crippen molar-refractivity contribution in [1.29, 1.82) is 0 Å². The maximum absolute atomic E-state index is 11.1. The van der Waals surface area contributed by atoms with E-state index >= 15 is 0 Å². The van der Waals surface area contributed by atoms with E-state index in [9.17, 15) is 5.11 Å². The smallest absolute Gasteiger partial charge is 0.201 e. The van der Waals surface area contributed by atoms with Crippen molar-refractivity contribution in [2.45, 2.75) is 5.92 Å². The lowest BCUT2D eigenvalue weighted by Gasteiger charge is -2.15. The number of fused-ring (bicyclic) bond motifs is 3. The highest BCUT2D eigenvalue weighted by Gasteiger charge is 2.35. The Kier molecular flexibility index (Phi) is 3.62. The van der Waals surface area contributed by atoms with Gasteiger partial charge in [-0.1, -0.05) is 60.1 Å². The zero-order valence-electron chi connectivity index (χ0n) is 16.2. The summed E-state index contributed by atoms with van der Waals surface area (Å²) in [5.74, 6) is 0.0855. The summed E-state index contributed by atoms with van der Waals surface area (Å²) in [6.07, 6.45) is 2.06. The van der Waals surface area contributed by atoms with Gasteiger partial charge in [0.1, 0.15) is 0 Å². The molecule has 2 N–H and O–H groups in total. The molecule has 0 saturated heterocycles. The van der Waals surface area contributed by atoms with Gasteiger partial charge >= 0.3 is 0 Å². The number of nitrogens with zero attached hydrogens (tertiary/aromatic N) is 2. The molecule has 0 radical (unpaired) electrons. The van der Waals surface area contributed by atoms with E-state index in [2.05, 4.69) is 29.4 Å². The van der Waals surface area contributed by atoms with Crippen LogP contribution in [0.1, 0.15) is 22.6 Å². The second kappa shape index (κ2) is 6.25. The molecule has 2 aromatic heterocycles. The van der Waals surface area contributed by atoms with Gasteiger partial charge in [-0.05, 0) is 29.3 Å². The molecule has 0 spiro atoms. The van der Waals surface area contributed by atoms with Crippen LogP contribution in [0.3, 0.4) is 0 Å². The Morgan fingerprint density at radius 3 is 2.60 bits per heavy atom. The number of aromatic hydroxyl groups is 1. The maximum atomic E-state index is 11.1. The van der Waals surface area contributed by atoms with Gasteiger partial charge in [0.2, 0.25) is 5.88 Å². The molecule has 146 valence electrons. The highest BCUT2D eigenvalue weighted by Crippen LogP contribution is 2.47. The van der Waals surface area contributed by atoms with Crippen LogP contribution in [0.25, 0.3) is 21.8 Å². The van der Waals surface area contributed by atoms with E-state index in [1.807, 2.05) is 55.6 Å². The quantitative estimate of drug-likeness (QED) is 0.352. The second-order valence-electron chi connectivity index (χ2n) is 7.67. The Labute approximate surface area is 178 Å². The van der Waals surface area contributed by atoms with E-state index in [0.717, 1.165) is 49.9 Å². The Morgan fingerprint density at radius 2 is 1.70 bits per heavy atom. The molecule has 0 saturated carbocycles.